The van der Waals surface area contributed by atoms with Gasteiger partial charge in [0.2, 0.25) is 5.91 Å². The van der Waals surface area contributed by atoms with E-state index in [0.717, 1.165) is 22.4 Å². The minimum absolute atomic E-state index is 0.0929. The number of para-hydroxylation sites is 4. The summed E-state index contributed by atoms with van der Waals surface area (Å²) in [5.74, 6) is 1.16. The lowest BCUT2D eigenvalue weighted by atomic mass is 10.1. The molecule has 3 aromatic carbocycles. The molecule has 0 aliphatic rings. The Hall–Kier alpha value is -4.13. The van der Waals surface area contributed by atoms with E-state index < -0.39 is 0 Å². The summed E-state index contributed by atoms with van der Waals surface area (Å²) in [5, 5.41) is 5.89. The van der Waals surface area contributed by atoms with E-state index in [1.165, 1.54) is 0 Å². The van der Waals surface area contributed by atoms with E-state index in [0.29, 0.717) is 36.4 Å². The molecule has 34 heavy (non-hydrogen) atoms. The van der Waals surface area contributed by atoms with Crippen LogP contribution in [0.2, 0.25) is 0 Å². The van der Waals surface area contributed by atoms with Crippen molar-refractivity contribution in [3.8, 4) is 5.75 Å². The maximum Gasteiger partial charge on any atom is 0.251 e. The first-order valence-electron chi connectivity index (χ1n) is 11.3. The number of aromatic nitrogens is 2. The van der Waals surface area contributed by atoms with E-state index >= 15 is 0 Å². The van der Waals surface area contributed by atoms with Crippen LogP contribution in [-0.2, 0) is 17.8 Å². The molecule has 0 bridgehead atoms. The van der Waals surface area contributed by atoms with Crippen molar-refractivity contribution in [2.24, 2.45) is 0 Å². The molecule has 0 saturated carbocycles. The van der Waals surface area contributed by atoms with Crippen molar-refractivity contribution < 1.29 is 14.3 Å². The molecule has 1 aromatic heterocycles. The highest BCUT2D eigenvalue weighted by Crippen LogP contribution is 2.23. The molecule has 0 aliphatic carbocycles. The number of aryl methyl sites for hydroxylation is 2. The number of methoxy groups -OCH3 is 1. The van der Waals surface area contributed by atoms with Crippen molar-refractivity contribution in [3.63, 3.8) is 0 Å². The Kier molecular flexibility index (Phi) is 7.22. The molecule has 1 heterocycles. The maximum absolute atomic E-state index is 12.9. The molecule has 7 nitrogen and oxygen atoms in total. The smallest absolute Gasteiger partial charge is 0.251 e. The third-order valence-corrected chi connectivity index (χ3v) is 5.59. The van der Waals surface area contributed by atoms with Gasteiger partial charge >= 0.3 is 0 Å². The predicted octanol–water partition coefficient (Wildman–Crippen LogP) is 4.35. The van der Waals surface area contributed by atoms with Crippen molar-refractivity contribution in [1.82, 2.24) is 14.9 Å². The molecule has 0 unspecified atom stereocenters. The van der Waals surface area contributed by atoms with Crippen molar-refractivity contribution in [1.29, 1.82) is 0 Å². The van der Waals surface area contributed by atoms with Crippen LogP contribution < -0.4 is 15.4 Å². The standard InChI is InChI=1S/C27H28N4O3/c1-19-13-15-20(16-14-19)27(33)28-17-7-12-25-29-21-8-3-5-10-23(21)31(25)18-26(32)30-22-9-4-6-11-24(22)34-2/h3-6,8-11,13-16H,7,12,17-18H2,1-2H3,(H,28,33)(H,30,32). The van der Waals surface area contributed by atoms with E-state index in [1.54, 1.807) is 19.2 Å². The van der Waals surface area contributed by atoms with Gasteiger partial charge in [0.25, 0.3) is 5.91 Å². The van der Waals surface area contributed by atoms with Crippen molar-refractivity contribution in [2.45, 2.75) is 26.3 Å². The first kappa shape index (κ1) is 23.0. The number of fused-ring (bicyclic) bond motifs is 1. The monoisotopic (exact) mass is 456 g/mol. The molecule has 2 N–H and O–H groups in total. The number of nitrogens with one attached hydrogen (secondary N) is 2. The molecule has 0 spiro atoms. The molecule has 7 heteroatoms. The molecular formula is C27H28N4O3. The van der Waals surface area contributed by atoms with Gasteiger partial charge in [-0.3, -0.25) is 9.59 Å². The average molecular weight is 457 g/mol. The Morgan fingerprint density at radius 1 is 0.971 bits per heavy atom. The fourth-order valence-electron chi connectivity index (χ4n) is 3.83. The Morgan fingerprint density at radius 3 is 2.50 bits per heavy atom. The number of hydrogen-bond donors (Lipinski definition) is 2. The van der Waals surface area contributed by atoms with Gasteiger partial charge in [0.15, 0.2) is 0 Å². The number of carbonyl (C=O) groups is 2. The molecule has 0 saturated heterocycles. The summed E-state index contributed by atoms with van der Waals surface area (Å²) in [5.41, 5.74) is 4.12. The zero-order valence-corrected chi connectivity index (χ0v) is 19.4. The van der Waals surface area contributed by atoms with Crippen LogP contribution in [0.15, 0.2) is 72.8 Å². The minimum Gasteiger partial charge on any atom is -0.495 e. The van der Waals surface area contributed by atoms with E-state index in [1.807, 2.05) is 72.2 Å². The molecule has 0 radical (unpaired) electrons. The quantitative estimate of drug-likeness (QED) is 0.367. The number of benzene rings is 3. The SMILES string of the molecule is COc1ccccc1NC(=O)Cn1c(CCCNC(=O)c2ccc(C)cc2)nc2ccccc21. The van der Waals surface area contributed by atoms with Gasteiger partial charge in [-0.25, -0.2) is 4.98 Å². The van der Waals surface area contributed by atoms with Crippen LogP contribution in [0.25, 0.3) is 11.0 Å². The molecule has 0 fully saturated rings. The van der Waals surface area contributed by atoms with Crippen LogP contribution in [0.5, 0.6) is 5.75 Å². The second-order valence-corrected chi connectivity index (χ2v) is 8.08. The highest BCUT2D eigenvalue weighted by molar-refractivity contribution is 5.94. The third kappa shape index (κ3) is 5.43. The van der Waals surface area contributed by atoms with Gasteiger partial charge in [-0.05, 0) is 49.7 Å². The number of anilines is 1. The summed E-state index contributed by atoms with van der Waals surface area (Å²) >= 11 is 0. The Labute approximate surface area is 198 Å². The Bertz CT molecular complexity index is 1290. The third-order valence-electron chi connectivity index (χ3n) is 5.59. The average Bonchev–Trinajstić information content (AvgIpc) is 3.19. The summed E-state index contributed by atoms with van der Waals surface area (Å²) in [7, 11) is 1.57. The normalized spacial score (nSPS) is 10.8. The van der Waals surface area contributed by atoms with E-state index in [-0.39, 0.29) is 18.4 Å². The van der Waals surface area contributed by atoms with Crippen molar-refractivity contribution in [2.75, 3.05) is 19.0 Å². The molecule has 2 amide bonds. The summed E-state index contributed by atoms with van der Waals surface area (Å²) in [4.78, 5) is 30.0. The van der Waals surface area contributed by atoms with E-state index in [4.69, 9.17) is 9.72 Å². The number of rotatable bonds is 9. The largest absolute Gasteiger partial charge is 0.495 e. The number of nitrogens with zero attached hydrogens (tertiary/aromatic N) is 2. The first-order valence-corrected chi connectivity index (χ1v) is 11.3. The Morgan fingerprint density at radius 2 is 1.71 bits per heavy atom. The Balaban J connectivity index is 1.42. The topological polar surface area (TPSA) is 85.2 Å². The van der Waals surface area contributed by atoms with Gasteiger partial charge in [-0.1, -0.05) is 42.0 Å². The van der Waals surface area contributed by atoms with Gasteiger partial charge in [0.1, 0.15) is 18.1 Å². The summed E-state index contributed by atoms with van der Waals surface area (Å²) < 4.78 is 7.26. The maximum atomic E-state index is 12.9. The van der Waals surface area contributed by atoms with Crippen molar-refractivity contribution in [3.05, 3.63) is 89.7 Å². The fourth-order valence-corrected chi connectivity index (χ4v) is 3.83. The summed E-state index contributed by atoms with van der Waals surface area (Å²) in [6, 6.07) is 22.6. The zero-order chi connectivity index (χ0) is 23.9. The van der Waals surface area contributed by atoms with Crippen LogP contribution in [-0.4, -0.2) is 35.0 Å². The highest BCUT2D eigenvalue weighted by atomic mass is 16.5. The van der Waals surface area contributed by atoms with Gasteiger partial charge < -0.3 is 19.9 Å². The molecule has 0 atom stereocenters. The second kappa shape index (κ2) is 10.7. The zero-order valence-electron chi connectivity index (χ0n) is 19.4. The lowest BCUT2D eigenvalue weighted by Crippen LogP contribution is -2.25. The number of hydrogen-bond acceptors (Lipinski definition) is 4. The van der Waals surface area contributed by atoms with Crippen molar-refractivity contribution >= 4 is 28.5 Å². The molecule has 0 aliphatic heterocycles. The van der Waals surface area contributed by atoms with Gasteiger partial charge in [0, 0.05) is 18.5 Å². The lowest BCUT2D eigenvalue weighted by Gasteiger charge is -2.12. The van der Waals surface area contributed by atoms with Crippen LogP contribution in [0.3, 0.4) is 0 Å². The number of carbonyl (C=O) groups excluding carboxylic acids is 2. The summed E-state index contributed by atoms with van der Waals surface area (Å²) in [6.07, 6.45) is 1.33. The molecular weight excluding hydrogens is 428 g/mol. The van der Waals surface area contributed by atoms with E-state index in [9.17, 15) is 9.59 Å². The van der Waals surface area contributed by atoms with Gasteiger partial charge in [-0.2, -0.15) is 0 Å². The van der Waals surface area contributed by atoms with Crippen LogP contribution in [0.4, 0.5) is 5.69 Å². The number of imidazole rings is 1. The first-order chi connectivity index (χ1) is 16.5. The lowest BCUT2D eigenvalue weighted by molar-refractivity contribution is -0.116. The van der Waals surface area contributed by atoms with Gasteiger partial charge in [0.05, 0.1) is 23.8 Å². The van der Waals surface area contributed by atoms with E-state index in [2.05, 4.69) is 10.6 Å². The molecule has 4 rings (SSSR count). The minimum atomic E-state index is -0.165. The highest BCUT2D eigenvalue weighted by Gasteiger charge is 2.15. The predicted molar refractivity (Wildman–Crippen MR) is 133 cm³/mol. The molecule has 174 valence electrons. The van der Waals surface area contributed by atoms with Crippen LogP contribution in [0.1, 0.15) is 28.2 Å². The molecule has 4 aromatic rings. The van der Waals surface area contributed by atoms with Crippen LogP contribution in [0, 0.1) is 6.92 Å². The van der Waals surface area contributed by atoms with Crippen LogP contribution >= 0.6 is 0 Å². The second-order valence-electron chi connectivity index (χ2n) is 8.08. The number of ether oxygens (including phenoxy) is 1. The van der Waals surface area contributed by atoms with Gasteiger partial charge in [-0.15, -0.1) is 0 Å². The fraction of sp³-hybridized carbons (Fsp3) is 0.222. The number of amides is 2. The summed E-state index contributed by atoms with van der Waals surface area (Å²) in [6.45, 7) is 2.64.